The number of thioether (sulfide) groups is 1. The van der Waals surface area contributed by atoms with Crippen LogP contribution in [0.5, 0.6) is 0 Å². The van der Waals surface area contributed by atoms with Crippen LogP contribution in [0.25, 0.3) is 11.2 Å². The van der Waals surface area contributed by atoms with Crippen molar-refractivity contribution in [3.63, 3.8) is 0 Å². The zero-order valence-corrected chi connectivity index (χ0v) is 15.7. The maximum absolute atomic E-state index is 12.4. The number of fused-ring (bicyclic) bond motifs is 1. The van der Waals surface area contributed by atoms with Crippen molar-refractivity contribution in [2.45, 2.75) is 44.1 Å². The van der Waals surface area contributed by atoms with E-state index in [1.54, 1.807) is 18.8 Å². The molecule has 0 amide bonds. The molecule has 0 radical (unpaired) electrons. The summed E-state index contributed by atoms with van der Waals surface area (Å²) in [7, 11) is 1.63. The normalized spacial score (nSPS) is 12.6. The Bertz CT molecular complexity index is 1010. The predicted octanol–water partition coefficient (Wildman–Crippen LogP) is 2.67. The Morgan fingerprint density at radius 2 is 1.92 bits per heavy atom. The molecule has 0 spiro atoms. The third-order valence-electron chi connectivity index (χ3n) is 4.31. The first-order valence-electron chi connectivity index (χ1n) is 8.32. The van der Waals surface area contributed by atoms with E-state index in [2.05, 4.69) is 48.1 Å². The largest absolute Gasteiger partial charge is 0.329 e. The number of hydrogen-bond donors (Lipinski definition) is 1. The Labute approximate surface area is 149 Å². The molecule has 0 fully saturated rings. The van der Waals surface area contributed by atoms with E-state index in [9.17, 15) is 9.59 Å². The van der Waals surface area contributed by atoms with Crippen LogP contribution in [0.3, 0.4) is 0 Å². The Kier molecular flexibility index (Phi) is 4.85. The second-order valence-electron chi connectivity index (χ2n) is 6.29. The fourth-order valence-corrected chi connectivity index (χ4v) is 3.54. The summed E-state index contributed by atoms with van der Waals surface area (Å²) >= 11 is 1.63. The van der Waals surface area contributed by atoms with Crippen molar-refractivity contribution in [3.8, 4) is 0 Å². The molecule has 0 aliphatic heterocycles. The van der Waals surface area contributed by atoms with Crippen LogP contribution >= 0.6 is 11.8 Å². The molecule has 25 heavy (non-hydrogen) atoms. The molecule has 0 saturated heterocycles. The highest BCUT2D eigenvalue weighted by Crippen LogP contribution is 2.27. The summed E-state index contributed by atoms with van der Waals surface area (Å²) in [6.45, 7) is 6.83. The van der Waals surface area contributed by atoms with Crippen LogP contribution in [-0.4, -0.2) is 24.4 Å². The average Bonchev–Trinajstić information content (AvgIpc) is 2.93. The molecule has 2 heterocycles. The lowest BCUT2D eigenvalue weighted by Crippen LogP contribution is -2.29. The quantitative estimate of drug-likeness (QED) is 0.712. The van der Waals surface area contributed by atoms with Crippen molar-refractivity contribution >= 4 is 22.9 Å². The number of rotatable bonds is 5. The van der Waals surface area contributed by atoms with Gasteiger partial charge in [0, 0.05) is 12.3 Å². The number of nitrogens with one attached hydrogen (secondary N) is 1. The van der Waals surface area contributed by atoms with Gasteiger partial charge in [-0.15, -0.1) is 0 Å². The molecule has 6 nitrogen and oxygen atoms in total. The van der Waals surface area contributed by atoms with Gasteiger partial charge in [-0.05, 0) is 18.9 Å². The molecular formula is C18H22N4O2S. The molecule has 7 heteroatoms. The summed E-state index contributed by atoms with van der Waals surface area (Å²) in [5.41, 5.74) is 2.30. The fraction of sp³-hybridized carbons (Fsp3) is 0.389. The maximum atomic E-state index is 12.4. The third kappa shape index (κ3) is 3.42. The van der Waals surface area contributed by atoms with E-state index < -0.39 is 11.2 Å². The van der Waals surface area contributed by atoms with E-state index in [1.165, 1.54) is 10.1 Å². The summed E-state index contributed by atoms with van der Waals surface area (Å²) in [5, 5.41) is 1.13. The van der Waals surface area contributed by atoms with Crippen LogP contribution in [0, 0.1) is 6.92 Å². The molecule has 1 aromatic carbocycles. The number of aryl methyl sites for hydroxylation is 2. The molecule has 3 aromatic rings. The first-order valence-corrected chi connectivity index (χ1v) is 9.20. The summed E-state index contributed by atoms with van der Waals surface area (Å²) in [4.78, 5) is 31.3. The molecule has 1 unspecified atom stereocenters. The van der Waals surface area contributed by atoms with Crippen LogP contribution in [0.15, 0.2) is 39.0 Å². The van der Waals surface area contributed by atoms with Gasteiger partial charge in [-0.3, -0.25) is 14.3 Å². The Hall–Kier alpha value is -2.28. The fourth-order valence-electron chi connectivity index (χ4n) is 2.59. The third-order valence-corrected chi connectivity index (χ3v) is 5.57. The van der Waals surface area contributed by atoms with Gasteiger partial charge in [0.15, 0.2) is 16.3 Å². The standard InChI is InChI=1S/C18H22N4O2S/c1-5-12(3)25-18-19-15-14(16(23)20-17(24)21(15)4)22(18)10-13-8-6-11(2)7-9-13/h6-9,12H,5,10H2,1-4H3,(H,20,23,24). The van der Waals surface area contributed by atoms with Gasteiger partial charge < -0.3 is 4.57 Å². The van der Waals surface area contributed by atoms with Gasteiger partial charge >= 0.3 is 5.69 Å². The van der Waals surface area contributed by atoms with Gasteiger partial charge in [0.2, 0.25) is 0 Å². The minimum Gasteiger partial charge on any atom is -0.309 e. The highest BCUT2D eigenvalue weighted by molar-refractivity contribution is 7.99. The minimum absolute atomic E-state index is 0.365. The maximum Gasteiger partial charge on any atom is 0.329 e. The second kappa shape index (κ2) is 6.92. The summed E-state index contributed by atoms with van der Waals surface area (Å²) in [5.74, 6) is 0. The lowest BCUT2D eigenvalue weighted by molar-refractivity contribution is 0.723. The van der Waals surface area contributed by atoms with Crippen LogP contribution < -0.4 is 11.2 Å². The zero-order valence-electron chi connectivity index (χ0n) is 14.9. The van der Waals surface area contributed by atoms with Crippen molar-refractivity contribution in [2.75, 3.05) is 0 Å². The number of benzene rings is 1. The van der Waals surface area contributed by atoms with E-state index in [-0.39, 0.29) is 0 Å². The number of hydrogen-bond acceptors (Lipinski definition) is 4. The van der Waals surface area contributed by atoms with Gasteiger partial charge in [0.25, 0.3) is 5.56 Å². The highest BCUT2D eigenvalue weighted by Gasteiger charge is 2.19. The first kappa shape index (κ1) is 17.5. The summed E-state index contributed by atoms with van der Waals surface area (Å²) in [6.07, 6.45) is 0.994. The Balaban J connectivity index is 2.20. The minimum atomic E-state index is -0.447. The van der Waals surface area contributed by atoms with Crippen LogP contribution in [-0.2, 0) is 13.6 Å². The SMILES string of the molecule is CCC(C)Sc1nc2c(c(=O)[nH]c(=O)n2C)n1Cc1ccc(C)cc1. The van der Waals surface area contributed by atoms with Gasteiger partial charge in [-0.2, -0.15) is 0 Å². The monoisotopic (exact) mass is 358 g/mol. The van der Waals surface area contributed by atoms with Crippen molar-refractivity contribution in [2.24, 2.45) is 7.05 Å². The smallest absolute Gasteiger partial charge is 0.309 e. The number of imidazole rings is 1. The van der Waals surface area contributed by atoms with Crippen LogP contribution in [0.1, 0.15) is 31.4 Å². The summed E-state index contributed by atoms with van der Waals surface area (Å²) in [6, 6.07) is 8.20. The molecule has 0 bridgehead atoms. The Morgan fingerprint density at radius 3 is 2.56 bits per heavy atom. The second-order valence-corrected chi connectivity index (χ2v) is 7.70. The summed E-state index contributed by atoms with van der Waals surface area (Å²) < 4.78 is 3.30. The van der Waals surface area contributed by atoms with Crippen molar-refractivity contribution in [1.29, 1.82) is 0 Å². The lowest BCUT2D eigenvalue weighted by atomic mass is 10.1. The zero-order chi connectivity index (χ0) is 18.1. The molecular weight excluding hydrogens is 336 g/mol. The molecule has 0 aliphatic rings. The molecule has 0 saturated carbocycles. The van der Waals surface area contributed by atoms with Gasteiger partial charge in [0.05, 0.1) is 6.54 Å². The van der Waals surface area contributed by atoms with Crippen LogP contribution in [0.4, 0.5) is 0 Å². The predicted molar refractivity (Wildman–Crippen MR) is 101 cm³/mol. The first-order chi connectivity index (χ1) is 11.9. The Morgan fingerprint density at radius 1 is 1.24 bits per heavy atom. The van der Waals surface area contributed by atoms with E-state index in [0.29, 0.717) is 23.0 Å². The van der Waals surface area contributed by atoms with E-state index in [4.69, 9.17) is 0 Å². The molecule has 1 N–H and O–H groups in total. The molecule has 1 atom stereocenters. The average molecular weight is 358 g/mol. The number of nitrogens with zero attached hydrogens (tertiary/aromatic N) is 3. The van der Waals surface area contributed by atoms with Gasteiger partial charge in [-0.1, -0.05) is 55.4 Å². The van der Waals surface area contributed by atoms with E-state index in [1.807, 2.05) is 11.5 Å². The molecule has 3 rings (SSSR count). The topological polar surface area (TPSA) is 72.7 Å². The van der Waals surface area contributed by atoms with Gasteiger partial charge in [0.1, 0.15) is 0 Å². The van der Waals surface area contributed by atoms with Crippen molar-refractivity contribution in [3.05, 3.63) is 56.2 Å². The van der Waals surface area contributed by atoms with Gasteiger partial charge in [-0.25, -0.2) is 9.78 Å². The number of aromatic amines is 1. The van der Waals surface area contributed by atoms with Crippen LogP contribution in [0.2, 0.25) is 0 Å². The van der Waals surface area contributed by atoms with E-state index in [0.717, 1.165) is 17.1 Å². The lowest BCUT2D eigenvalue weighted by Gasteiger charge is -2.11. The molecule has 132 valence electrons. The molecule has 0 aliphatic carbocycles. The number of aromatic nitrogens is 4. The highest BCUT2D eigenvalue weighted by atomic mass is 32.2. The van der Waals surface area contributed by atoms with E-state index >= 15 is 0 Å². The number of H-pyrrole nitrogens is 1. The molecule has 2 aromatic heterocycles. The van der Waals surface area contributed by atoms with Crippen molar-refractivity contribution < 1.29 is 0 Å². The van der Waals surface area contributed by atoms with Crippen molar-refractivity contribution in [1.82, 2.24) is 19.1 Å².